The molecule has 0 aliphatic heterocycles. The molecule has 0 aliphatic carbocycles. The molecule has 2 rings (SSSR count). The van der Waals surface area contributed by atoms with Crippen molar-refractivity contribution in [2.75, 3.05) is 21.3 Å². The van der Waals surface area contributed by atoms with Gasteiger partial charge in [0.25, 0.3) is 0 Å². The van der Waals surface area contributed by atoms with E-state index in [1.807, 2.05) is 0 Å². The first-order valence-corrected chi connectivity index (χ1v) is 11.1. The van der Waals surface area contributed by atoms with Gasteiger partial charge < -0.3 is 23.3 Å². The zero-order chi connectivity index (χ0) is 22.5. The van der Waals surface area contributed by atoms with Crippen molar-refractivity contribution in [3.05, 3.63) is 41.5 Å². The van der Waals surface area contributed by atoms with E-state index < -0.39 is 15.6 Å². The summed E-state index contributed by atoms with van der Waals surface area (Å²) >= 11 is 0. The van der Waals surface area contributed by atoms with E-state index in [0.717, 1.165) is 0 Å². The predicted octanol–water partition coefficient (Wildman–Crippen LogP) is 2.06. The number of hydrogen-bond acceptors (Lipinski definition) is 7. The van der Waals surface area contributed by atoms with Crippen molar-refractivity contribution in [2.45, 2.75) is 0 Å². The number of phosphoric acid groups is 2. The molecule has 15 heteroatoms. The fourth-order valence-electron chi connectivity index (χ4n) is 2.43. The first-order chi connectivity index (χ1) is 14.0. The molecule has 0 atom stereocenters. The maximum Gasteiger partial charge on any atom is 0.524 e. The molecule has 0 heterocycles. The number of methoxy groups -OCH3 is 3. The van der Waals surface area contributed by atoms with Gasteiger partial charge in [0.15, 0.2) is 23.0 Å². The van der Waals surface area contributed by atoms with Crippen LogP contribution in [-0.2, 0) is 9.13 Å². The monoisotopic (exact) mass is 508 g/mol. The quantitative estimate of drug-likeness (QED) is 0.223. The number of phosphoric ester groups is 2. The van der Waals surface area contributed by atoms with Crippen molar-refractivity contribution in [1.82, 2.24) is 0 Å². The van der Waals surface area contributed by atoms with Gasteiger partial charge in [-0.25, -0.2) is 9.13 Å². The molecule has 11 nitrogen and oxygen atoms in total. The van der Waals surface area contributed by atoms with E-state index >= 15 is 0 Å². The van der Waals surface area contributed by atoms with Crippen molar-refractivity contribution in [2.24, 2.45) is 0 Å². The van der Waals surface area contributed by atoms with Gasteiger partial charge in [0, 0.05) is 59.1 Å². The van der Waals surface area contributed by atoms with Gasteiger partial charge in [0.2, 0.25) is 5.75 Å². The van der Waals surface area contributed by atoms with Crippen LogP contribution >= 0.6 is 15.6 Å². The van der Waals surface area contributed by atoms with E-state index in [0.29, 0.717) is 11.1 Å². The molecule has 0 amide bonds. The van der Waals surface area contributed by atoms with Crippen LogP contribution in [0, 0.1) is 0 Å². The molecule has 0 unspecified atom stereocenters. The van der Waals surface area contributed by atoms with Gasteiger partial charge in [-0.3, -0.25) is 19.6 Å². The number of rotatable bonds is 9. The van der Waals surface area contributed by atoms with Gasteiger partial charge in [-0.2, -0.15) is 0 Å². The van der Waals surface area contributed by atoms with E-state index in [1.54, 1.807) is 24.3 Å². The van der Waals surface area contributed by atoms with E-state index in [4.69, 9.17) is 33.8 Å². The summed E-state index contributed by atoms with van der Waals surface area (Å²) in [6.07, 6.45) is 3.12. The Kier molecular flexibility index (Phi) is 13.2. The first-order valence-electron chi connectivity index (χ1n) is 8.08. The molecule has 4 N–H and O–H groups in total. The second-order valence-electron chi connectivity index (χ2n) is 5.66. The molecule has 0 aliphatic rings. The number of ether oxygens (including phenoxy) is 3. The van der Waals surface area contributed by atoms with E-state index in [1.165, 1.54) is 39.5 Å². The van der Waals surface area contributed by atoms with Crippen LogP contribution in [0.3, 0.4) is 0 Å². The second-order valence-corrected chi connectivity index (χ2v) is 7.99. The molecule has 0 saturated carbocycles. The molecule has 0 saturated heterocycles. The minimum Gasteiger partial charge on any atom is -0.493 e. The molecule has 2 aromatic rings. The van der Waals surface area contributed by atoms with Gasteiger partial charge in [0.1, 0.15) is 0 Å². The van der Waals surface area contributed by atoms with Crippen LogP contribution in [0.4, 0.5) is 0 Å². The Morgan fingerprint density at radius 3 is 1.62 bits per heavy atom. The Labute approximate surface area is 228 Å². The standard InChI is InChI=1S/C17H20O11P2.2Na/c1-24-13-7-6-11(8-14(13)27-29(18,19)20)4-5-12-9-15(25-2)17(26-3)16(10-12)28-30(21,22)23;;/h4-10H,1-3H3,(H2,18,19,20)(H2,21,22,23);;/b5-4-;;. The van der Waals surface area contributed by atoms with Gasteiger partial charge in [0.05, 0.1) is 21.3 Å². The summed E-state index contributed by atoms with van der Waals surface area (Å²) in [4.78, 5) is 36.3. The van der Waals surface area contributed by atoms with Gasteiger partial charge in [-0.05, 0) is 35.4 Å². The third-order valence-corrected chi connectivity index (χ3v) is 4.43. The summed E-state index contributed by atoms with van der Waals surface area (Å²) < 4.78 is 47.0. The minimum atomic E-state index is -4.85. The molecule has 0 bridgehead atoms. The molecule has 0 aromatic heterocycles. The smallest absolute Gasteiger partial charge is 0.493 e. The molecule has 166 valence electrons. The van der Waals surface area contributed by atoms with Crippen molar-refractivity contribution >= 4 is 86.9 Å². The molecule has 2 aromatic carbocycles. The maximum absolute atomic E-state index is 11.2. The summed E-state index contributed by atoms with van der Waals surface area (Å²) in [5.74, 6) is -0.0991. The largest absolute Gasteiger partial charge is 0.524 e. The zero-order valence-corrected chi connectivity index (χ0v) is 23.9. The minimum absolute atomic E-state index is 0. The fourth-order valence-corrected chi connectivity index (χ4v) is 3.22. The summed E-state index contributed by atoms with van der Waals surface area (Å²) in [7, 11) is -5.69. The molecule has 0 fully saturated rings. The molecule has 32 heavy (non-hydrogen) atoms. The van der Waals surface area contributed by atoms with Gasteiger partial charge in [-0.1, -0.05) is 18.2 Å². The Morgan fingerprint density at radius 1 is 0.656 bits per heavy atom. The average molecular weight is 508 g/mol. The van der Waals surface area contributed by atoms with Crippen molar-refractivity contribution < 1.29 is 52.0 Å². The Bertz CT molecular complexity index is 1030. The van der Waals surface area contributed by atoms with Crippen LogP contribution in [0.5, 0.6) is 28.7 Å². The second kappa shape index (κ2) is 13.4. The number of hydrogen-bond donors (Lipinski definition) is 4. The average Bonchev–Trinajstić information content (AvgIpc) is 2.63. The van der Waals surface area contributed by atoms with Crippen LogP contribution in [0.25, 0.3) is 12.2 Å². The topological polar surface area (TPSA) is 161 Å². The SMILES string of the molecule is COc1ccc(/C=C\c2cc(OC)c(OC)c(OP(=O)(O)O)c2)cc1OP(=O)(O)O.[Na].[Na]. The number of benzene rings is 2. The Morgan fingerprint density at radius 2 is 1.12 bits per heavy atom. The van der Waals surface area contributed by atoms with E-state index in [2.05, 4.69) is 9.05 Å². The summed E-state index contributed by atoms with van der Waals surface area (Å²) in [5, 5.41) is 0. The van der Waals surface area contributed by atoms with Crippen molar-refractivity contribution in [3.8, 4) is 28.7 Å². The summed E-state index contributed by atoms with van der Waals surface area (Å²) in [5.41, 5.74) is 0.927. The van der Waals surface area contributed by atoms with Gasteiger partial charge >= 0.3 is 15.6 Å². The van der Waals surface area contributed by atoms with Crippen LogP contribution in [0.2, 0.25) is 0 Å². The van der Waals surface area contributed by atoms with Crippen LogP contribution < -0.4 is 23.3 Å². The van der Waals surface area contributed by atoms with Crippen LogP contribution in [-0.4, -0.2) is 100 Å². The third-order valence-electron chi connectivity index (χ3n) is 3.56. The van der Waals surface area contributed by atoms with E-state index in [9.17, 15) is 9.13 Å². The zero-order valence-electron chi connectivity index (χ0n) is 18.1. The van der Waals surface area contributed by atoms with E-state index in [-0.39, 0.29) is 87.9 Å². The first kappa shape index (κ1) is 31.5. The normalized spacial score (nSPS) is 11.2. The molecule has 2 radical (unpaired) electrons. The van der Waals surface area contributed by atoms with Gasteiger partial charge in [-0.15, -0.1) is 0 Å². The maximum atomic E-state index is 11.2. The summed E-state index contributed by atoms with van der Waals surface area (Å²) in [6, 6.07) is 7.28. The summed E-state index contributed by atoms with van der Waals surface area (Å²) in [6.45, 7) is 0. The Hall–Kier alpha value is -0.520. The Balaban J connectivity index is 0.00000480. The fraction of sp³-hybridized carbons (Fsp3) is 0.176. The molecule has 0 spiro atoms. The molecular weight excluding hydrogens is 488 g/mol. The third kappa shape index (κ3) is 9.77. The van der Waals surface area contributed by atoms with Crippen LogP contribution in [0.1, 0.15) is 11.1 Å². The van der Waals surface area contributed by atoms with Crippen LogP contribution in [0.15, 0.2) is 30.3 Å². The van der Waals surface area contributed by atoms with Crippen molar-refractivity contribution in [3.63, 3.8) is 0 Å². The molecular formula is C17H20Na2O11P2. The predicted molar refractivity (Wildman–Crippen MR) is 118 cm³/mol. The van der Waals surface area contributed by atoms with Crippen molar-refractivity contribution in [1.29, 1.82) is 0 Å².